The standard InChI is InChI=1S/C7H10N2/c1-8-7-4-2-3-5-9-6-7/h2-6,8-9H,1H3. The molecule has 0 amide bonds. The Labute approximate surface area is 55.0 Å². The van der Waals surface area contributed by atoms with Crippen molar-refractivity contribution in [1.82, 2.24) is 10.6 Å². The van der Waals surface area contributed by atoms with Gasteiger partial charge in [0, 0.05) is 19.4 Å². The molecule has 0 saturated heterocycles. The Hall–Kier alpha value is -1.18. The number of nitrogens with one attached hydrogen (secondary N) is 2. The Morgan fingerprint density at radius 1 is 1.44 bits per heavy atom. The number of likely N-dealkylation sites (N-methyl/N-ethyl adjacent to an activating group) is 1. The molecule has 1 aliphatic heterocycles. The average molecular weight is 122 g/mol. The number of rotatable bonds is 1. The summed E-state index contributed by atoms with van der Waals surface area (Å²) < 4.78 is 0. The summed E-state index contributed by atoms with van der Waals surface area (Å²) in [4.78, 5) is 0. The molecule has 1 heterocycles. The van der Waals surface area contributed by atoms with Crippen molar-refractivity contribution in [3.63, 3.8) is 0 Å². The molecule has 0 unspecified atom stereocenters. The van der Waals surface area contributed by atoms with Crippen molar-refractivity contribution in [3.8, 4) is 0 Å². The van der Waals surface area contributed by atoms with Gasteiger partial charge in [0.2, 0.25) is 0 Å². The fourth-order valence-corrected chi connectivity index (χ4v) is 0.612. The number of allylic oxidation sites excluding steroid dienone is 3. The van der Waals surface area contributed by atoms with E-state index in [2.05, 4.69) is 10.6 Å². The molecule has 2 nitrogen and oxygen atoms in total. The summed E-state index contributed by atoms with van der Waals surface area (Å²) in [6.45, 7) is 0. The monoisotopic (exact) mass is 122 g/mol. The van der Waals surface area contributed by atoms with Crippen LogP contribution in [-0.4, -0.2) is 7.05 Å². The molecule has 0 aromatic rings. The van der Waals surface area contributed by atoms with Crippen molar-refractivity contribution in [2.45, 2.75) is 0 Å². The summed E-state index contributed by atoms with van der Waals surface area (Å²) in [6, 6.07) is 0. The van der Waals surface area contributed by atoms with Crippen molar-refractivity contribution in [3.05, 3.63) is 36.3 Å². The highest BCUT2D eigenvalue weighted by Gasteiger charge is 1.84. The van der Waals surface area contributed by atoms with Crippen molar-refractivity contribution in [2.24, 2.45) is 0 Å². The Bertz CT molecular complexity index is 166. The molecule has 0 fully saturated rings. The second-order valence-electron chi connectivity index (χ2n) is 1.73. The zero-order chi connectivity index (χ0) is 6.53. The largest absolute Gasteiger partial charge is 0.387 e. The topological polar surface area (TPSA) is 24.1 Å². The van der Waals surface area contributed by atoms with E-state index >= 15 is 0 Å². The van der Waals surface area contributed by atoms with E-state index in [4.69, 9.17) is 0 Å². The lowest BCUT2D eigenvalue weighted by molar-refractivity contribution is 1.00. The summed E-state index contributed by atoms with van der Waals surface area (Å²) in [7, 11) is 1.89. The minimum absolute atomic E-state index is 1.08. The Morgan fingerprint density at radius 2 is 2.33 bits per heavy atom. The maximum Gasteiger partial charge on any atom is 0.0500 e. The van der Waals surface area contributed by atoms with Crippen LogP contribution in [0.1, 0.15) is 0 Å². The smallest absolute Gasteiger partial charge is 0.0500 e. The molecule has 1 rings (SSSR count). The molecule has 0 spiro atoms. The lowest BCUT2D eigenvalue weighted by atomic mass is 10.4. The van der Waals surface area contributed by atoms with Crippen molar-refractivity contribution < 1.29 is 0 Å². The van der Waals surface area contributed by atoms with Gasteiger partial charge in [0.15, 0.2) is 0 Å². The highest BCUT2D eigenvalue weighted by Crippen LogP contribution is 1.92. The predicted octanol–water partition coefficient (Wildman–Crippen LogP) is 0.720. The van der Waals surface area contributed by atoms with Crippen LogP contribution in [0, 0.1) is 0 Å². The lowest BCUT2D eigenvalue weighted by Gasteiger charge is -1.96. The second kappa shape index (κ2) is 2.97. The van der Waals surface area contributed by atoms with Crippen LogP contribution in [0.25, 0.3) is 0 Å². The van der Waals surface area contributed by atoms with E-state index in [1.54, 1.807) is 0 Å². The van der Waals surface area contributed by atoms with Crippen LogP contribution in [0.15, 0.2) is 36.3 Å². The van der Waals surface area contributed by atoms with E-state index in [1.165, 1.54) is 0 Å². The molecule has 48 valence electrons. The molecule has 0 radical (unpaired) electrons. The Balaban J connectivity index is 2.63. The summed E-state index contributed by atoms with van der Waals surface area (Å²) >= 11 is 0. The minimum Gasteiger partial charge on any atom is -0.387 e. The third-order valence-corrected chi connectivity index (χ3v) is 1.11. The van der Waals surface area contributed by atoms with E-state index in [0.717, 1.165) is 5.70 Å². The fourth-order valence-electron chi connectivity index (χ4n) is 0.612. The Kier molecular flexibility index (Phi) is 1.96. The van der Waals surface area contributed by atoms with Gasteiger partial charge in [-0.1, -0.05) is 6.08 Å². The van der Waals surface area contributed by atoms with Crippen LogP contribution in [0.2, 0.25) is 0 Å². The first-order valence-electron chi connectivity index (χ1n) is 2.90. The maximum absolute atomic E-state index is 3.02. The molecule has 0 atom stereocenters. The predicted molar refractivity (Wildman–Crippen MR) is 38.6 cm³/mol. The third-order valence-electron chi connectivity index (χ3n) is 1.11. The van der Waals surface area contributed by atoms with Crippen LogP contribution in [0.3, 0.4) is 0 Å². The van der Waals surface area contributed by atoms with Crippen molar-refractivity contribution >= 4 is 0 Å². The fraction of sp³-hybridized carbons (Fsp3) is 0.143. The number of hydrogen-bond donors (Lipinski definition) is 2. The van der Waals surface area contributed by atoms with Gasteiger partial charge in [-0.2, -0.15) is 0 Å². The molecular weight excluding hydrogens is 112 g/mol. The quantitative estimate of drug-likeness (QED) is 0.535. The SMILES string of the molecule is CNC1=CNC=CC=C1. The zero-order valence-electron chi connectivity index (χ0n) is 5.39. The van der Waals surface area contributed by atoms with Gasteiger partial charge in [0.05, 0.1) is 5.70 Å². The molecule has 0 aliphatic carbocycles. The van der Waals surface area contributed by atoms with Gasteiger partial charge >= 0.3 is 0 Å². The first kappa shape index (κ1) is 5.95. The van der Waals surface area contributed by atoms with Crippen LogP contribution in [0.5, 0.6) is 0 Å². The highest BCUT2D eigenvalue weighted by atomic mass is 14.9. The molecule has 0 saturated carbocycles. The summed E-state index contributed by atoms with van der Waals surface area (Å²) in [5.74, 6) is 0. The zero-order valence-corrected chi connectivity index (χ0v) is 5.39. The Morgan fingerprint density at radius 3 is 3.11 bits per heavy atom. The van der Waals surface area contributed by atoms with Gasteiger partial charge in [-0.05, 0) is 12.2 Å². The van der Waals surface area contributed by atoms with Gasteiger partial charge in [-0.3, -0.25) is 0 Å². The maximum atomic E-state index is 3.02. The lowest BCUT2D eigenvalue weighted by Crippen LogP contribution is -2.05. The third kappa shape index (κ3) is 1.64. The van der Waals surface area contributed by atoms with Crippen LogP contribution in [-0.2, 0) is 0 Å². The molecular formula is C7H10N2. The van der Waals surface area contributed by atoms with E-state index in [1.807, 2.05) is 37.7 Å². The molecule has 0 aromatic carbocycles. The van der Waals surface area contributed by atoms with Gasteiger partial charge in [-0.25, -0.2) is 0 Å². The van der Waals surface area contributed by atoms with Gasteiger partial charge in [0.1, 0.15) is 0 Å². The minimum atomic E-state index is 1.08. The van der Waals surface area contributed by atoms with E-state index in [9.17, 15) is 0 Å². The van der Waals surface area contributed by atoms with Gasteiger partial charge in [-0.15, -0.1) is 0 Å². The van der Waals surface area contributed by atoms with Gasteiger partial charge in [0.25, 0.3) is 0 Å². The highest BCUT2D eigenvalue weighted by molar-refractivity contribution is 5.23. The molecule has 1 aliphatic rings. The first-order valence-corrected chi connectivity index (χ1v) is 2.90. The molecule has 2 heteroatoms. The first-order chi connectivity index (χ1) is 4.43. The number of hydrogen-bond acceptors (Lipinski definition) is 2. The van der Waals surface area contributed by atoms with E-state index < -0.39 is 0 Å². The van der Waals surface area contributed by atoms with Crippen molar-refractivity contribution in [1.29, 1.82) is 0 Å². The normalized spacial score (nSPS) is 15.9. The van der Waals surface area contributed by atoms with Crippen LogP contribution < -0.4 is 10.6 Å². The molecule has 9 heavy (non-hydrogen) atoms. The summed E-state index contributed by atoms with van der Waals surface area (Å²) in [5.41, 5.74) is 1.08. The second-order valence-corrected chi connectivity index (χ2v) is 1.73. The molecule has 2 N–H and O–H groups in total. The van der Waals surface area contributed by atoms with E-state index in [-0.39, 0.29) is 0 Å². The summed E-state index contributed by atoms with van der Waals surface area (Å²) in [6.07, 6.45) is 9.69. The van der Waals surface area contributed by atoms with Crippen molar-refractivity contribution in [2.75, 3.05) is 7.05 Å². The summed E-state index contributed by atoms with van der Waals surface area (Å²) in [5, 5.41) is 6.00. The van der Waals surface area contributed by atoms with Crippen LogP contribution >= 0.6 is 0 Å². The molecule has 0 bridgehead atoms. The molecule has 0 aromatic heterocycles. The van der Waals surface area contributed by atoms with Crippen LogP contribution in [0.4, 0.5) is 0 Å². The van der Waals surface area contributed by atoms with E-state index in [0.29, 0.717) is 0 Å². The van der Waals surface area contributed by atoms with Gasteiger partial charge < -0.3 is 10.6 Å². The average Bonchev–Trinajstić information content (AvgIpc) is 2.13.